The van der Waals surface area contributed by atoms with Gasteiger partial charge < -0.3 is 10.0 Å². The zero-order valence-electron chi connectivity index (χ0n) is 14.9. The van der Waals surface area contributed by atoms with Crippen LogP contribution in [0.5, 0.6) is 0 Å². The molecule has 0 aliphatic heterocycles. The SMILES string of the molecule is CN(C)C(c1ccccc1)C1CCCCC1(O)c1ccc(Cl)cc1.Cl. The third kappa shape index (κ3) is 4.20. The van der Waals surface area contributed by atoms with Gasteiger partial charge in [-0.3, -0.25) is 0 Å². The minimum absolute atomic E-state index is 0. The minimum Gasteiger partial charge on any atom is -0.385 e. The van der Waals surface area contributed by atoms with E-state index in [1.165, 1.54) is 5.56 Å². The number of halogens is 2. The van der Waals surface area contributed by atoms with Crippen LogP contribution in [0, 0.1) is 5.92 Å². The van der Waals surface area contributed by atoms with Crippen molar-refractivity contribution < 1.29 is 5.11 Å². The molecule has 1 N–H and O–H groups in total. The van der Waals surface area contributed by atoms with Crippen LogP contribution in [0.4, 0.5) is 0 Å². The van der Waals surface area contributed by atoms with E-state index in [4.69, 9.17) is 11.6 Å². The lowest BCUT2D eigenvalue weighted by Gasteiger charge is -2.46. The monoisotopic (exact) mass is 379 g/mol. The topological polar surface area (TPSA) is 23.5 Å². The second-order valence-corrected chi connectivity index (χ2v) is 7.54. The molecule has 25 heavy (non-hydrogen) atoms. The molecular weight excluding hydrogens is 353 g/mol. The van der Waals surface area contributed by atoms with Gasteiger partial charge in [-0.05, 0) is 50.2 Å². The zero-order chi connectivity index (χ0) is 17.2. The highest BCUT2D eigenvalue weighted by Gasteiger charge is 2.45. The first kappa shape index (κ1) is 20.3. The molecule has 3 atom stereocenters. The van der Waals surface area contributed by atoms with Crippen molar-refractivity contribution in [1.82, 2.24) is 4.90 Å². The molecule has 3 unspecified atom stereocenters. The Morgan fingerprint density at radius 3 is 2.28 bits per heavy atom. The number of hydrogen-bond acceptors (Lipinski definition) is 2. The molecule has 0 bridgehead atoms. The van der Waals surface area contributed by atoms with Crippen LogP contribution in [0.15, 0.2) is 54.6 Å². The van der Waals surface area contributed by atoms with Crippen molar-refractivity contribution >= 4 is 24.0 Å². The van der Waals surface area contributed by atoms with Gasteiger partial charge in [0.05, 0.1) is 5.60 Å². The Morgan fingerprint density at radius 1 is 1.04 bits per heavy atom. The number of benzene rings is 2. The van der Waals surface area contributed by atoms with Crippen molar-refractivity contribution in [3.8, 4) is 0 Å². The summed E-state index contributed by atoms with van der Waals surface area (Å²) >= 11 is 6.05. The van der Waals surface area contributed by atoms with Gasteiger partial charge in [-0.25, -0.2) is 0 Å². The van der Waals surface area contributed by atoms with E-state index >= 15 is 0 Å². The maximum absolute atomic E-state index is 11.7. The predicted octanol–water partition coefficient (Wildman–Crippen LogP) is 5.44. The predicted molar refractivity (Wildman–Crippen MR) is 107 cm³/mol. The van der Waals surface area contributed by atoms with Gasteiger partial charge in [0.25, 0.3) is 0 Å². The fraction of sp³-hybridized carbons (Fsp3) is 0.429. The number of nitrogens with zero attached hydrogens (tertiary/aromatic N) is 1. The van der Waals surface area contributed by atoms with E-state index in [-0.39, 0.29) is 24.4 Å². The van der Waals surface area contributed by atoms with E-state index in [2.05, 4.69) is 43.3 Å². The summed E-state index contributed by atoms with van der Waals surface area (Å²) in [6.45, 7) is 0. The summed E-state index contributed by atoms with van der Waals surface area (Å²) < 4.78 is 0. The standard InChI is InChI=1S/C21H26ClNO.ClH/c1-23(2)20(16-8-4-3-5-9-16)19-10-6-7-15-21(19,24)17-11-13-18(22)14-12-17;/h3-5,8-9,11-14,19-20,24H,6-7,10,15H2,1-2H3;1H. The quantitative estimate of drug-likeness (QED) is 0.763. The van der Waals surface area contributed by atoms with Gasteiger partial charge in [-0.1, -0.05) is 66.9 Å². The fourth-order valence-corrected chi connectivity index (χ4v) is 4.37. The molecule has 136 valence electrons. The summed E-state index contributed by atoms with van der Waals surface area (Å²) in [5.41, 5.74) is 1.44. The van der Waals surface area contributed by atoms with Crippen molar-refractivity contribution in [2.45, 2.75) is 37.3 Å². The van der Waals surface area contributed by atoms with Crippen molar-refractivity contribution in [3.63, 3.8) is 0 Å². The van der Waals surface area contributed by atoms with Crippen molar-refractivity contribution in [1.29, 1.82) is 0 Å². The molecule has 1 aliphatic rings. The van der Waals surface area contributed by atoms with Crippen molar-refractivity contribution in [3.05, 3.63) is 70.7 Å². The van der Waals surface area contributed by atoms with Crippen molar-refractivity contribution in [2.75, 3.05) is 14.1 Å². The van der Waals surface area contributed by atoms with E-state index in [0.29, 0.717) is 5.02 Å². The Balaban J connectivity index is 0.00000225. The van der Waals surface area contributed by atoms with E-state index in [9.17, 15) is 5.11 Å². The maximum atomic E-state index is 11.7. The summed E-state index contributed by atoms with van der Waals surface area (Å²) in [6.07, 6.45) is 4.05. The van der Waals surface area contributed by atoms with Crippen LogP contribution in [0.25, 0.3) is 0 Å². The van der Waals surface area contributed by atoms with E-state index < -0.39 is 5.60 Å². The number of aliphatic hydroxyl groups is 1. The van der Waals surface area contributed by atoms with Crippen LogP contribution >= 0.6 is 24.0 Å². The maximum Gasteiger partial charge on any atom is 0.0942 e. The molecule has 1 saturated carbocycles. The molecule has 1 aliphatic carbocycles. The van der Waals surface area contributed by atoms with Gasteiger partial charge in [-0.15, -0.1) is 12.4 Å². The Morgan fingerprint density at radius 2 is 1.68 bits per heavy atom. The molecule has 4 heteroatoms. The molecule has 3 rings (SSSR count). The fourth-order valence-electron chi connectivity index (χ4n) is 4.24. The number of hydrogen-bond donors (Lipinski definition) is 1. The molecule has 0 radical (unpaired) electrons. The molecule has 2 nitrogen and oxygen atoms in total. The summed E-state index contributed by atoms with van der Waals surface area (Å²) in [6, 6.07) is 18.5. The van der Waals surface area contributed by atoms with Crippen LogP contribution in [-0.4, -0.2) is 24.1 Å². The molecular formula is C21H27Cl2NO. The van der Waals surface area contributed by atoms with Gasteiger partial charge in [-0.2, -0.15) is 0 Å². The molecule has 2 aromatic rings. The minimum atomic E-state index is -0.812. The second kappa shape index (κ2) is 8.55. The Labute approximate surface area is 162 Å². The Kier molecular flexibility index (Phi) is 6.93. The largest absolute Gasteiger partial charge is 0.385 e. The lowest BCUT2D eigenvalue weighted by Crippen LogP contribution is -2.45. The summed E-state index contributed by atoms with van der Waals surface area (Å²) in [5, 5.41) is 12.4. The molecule has 0 saturated heterocycles. The first-order valence-electron chi connectivity index (χ1n) is 8.72. The highest BCUT2D eigenvalue weighted by molar-refractivity contribution is 6.30. The second-order valence-electron chi connectivity index (χ2n) is 7.10. The number of rotatable bonds is 4. The molecule has 0 spiro atoms. The normalized spacial score (nSPS) is 24.6. The lowest BCUT2D eigenvalue weighted by atomic mass is 9.67. The summed E-state index contributed by atoms with van der Waals surface area (Å²) in [4.78, 5) is 2.24. The smallest absolute Gasteiger partial charge is 0.0942 e. The van der Waals surface area contributed by atoms with Gasteiger partial charge in [0.15, 0.2) is 0 Å². The highest BCUT2D eigenvalue weighted by Crippen LogP contribution is 2.49. The average molecular weight is 380 g/mol. The first-order chi connectivity index (χ1) is 11.5. The van der Waals surface area contributed by atoms with Crippen LogP contribution in [0.2, 0.25) is 5.02 Å². The third-order valence-corrected chi connectivity index (χ3v) is 5.61. The third-order valence-electron chi connectivity index (χ3n) is 5.36. The van der Waals surface area contributed by atoms with E-state index in [1.807, 2.05) is 30.3 Å². The molecule has 1 fully saturated rings. The first-order valence-corrected chi connectivity index (χ1v) is 9.10. The molecule has 0 heterocycles. The van der Waals surface area contributed by atoms with Crippen molar-refractivity contribution in [2.24, 2.45) is 5.92 Å². The molecule has 2 aromatic carbocycles. The zero-order valence-corrected chi connectivity index (χ0v) is 16.4. The molecule has 0 aromatic heterocycles. The van der Waals surface area contributed by atoms with Crippen LogP contribution in [-0.2, 0) is 5.60 Å². The Bertz CT molecular complexity index is 659. The highest BCUT2D eigenvalue weighted by atomic mass is 35.5. The summed E-state index contributed by atoms with van der Waals surface area (Å²) in [5.74, 6) is 0.157. The van der Waals surface area contributed by atoms with Gasteiger partial charge in [0, 0.05) is 17.0 Å². The summed E-state index contributed by atoms with van der Waals surface area (Å²) in [7, 11) is 4.21. The van der Waals surface area contributed by atoms with Gasteiger partial charge in [0.2, 0.25) is 0 Å². The van der Waals surface area contributed by atoms with E-state index in [0.717, 1.165) is 31.2 Å². The van der Waals surface area contributed by atoms with Crippen LogP contribution < -0.4 is 0 Å². The van der Waals surface area contributed by atoms with Gasteiger partial charge >= 0.3 is 0 Å². The lowest BCUT2D eigenvalue weighted by molar-refractivity contribution is -0.0837. The van der Waals surface area contributed by atoms with Crippen LogP contribution in [0.3, 0.4) is 0 Å². The van der Waals surface area contributed by atoms with Gasteiger partial charge in [0.1, 0.15) is 0 Å². The Hall–Kier alpha value is -1.06. The molecule has 0 amide bonds. The van der Waals surface area contributed by atoms with Crippen LogP contribution in [0.1, 0.15) is 42.9 Å². The van der Waals surface area contributed by atoms with E-state index in [1.54, 1.807) is 0 Å². The average Bonchev–Trinajstić information content (AvgIpc) is 2.58.